The Labute approximate surface area is 74.3 Å². The lowest BCUT2D eigenvalue weighted by Gasteiger charge is -2.25. The molecule has 12 heavy (non-hydrogen) atoms. The van der Waals surface area contributed by atoms with Crippen molar-refractivity contribution < 1.29 is 9.26 Å². The maximum atomic E-state index is 5.19. The average Bonchev–Trinajstić information content (AvgIpc) is 2.54. The third-order valence-corrected chi connectivity index (χ3v) is 1.91. The lowest BCUT2D eigenvalue weighted by Crippen LogP contribution is -2.36. The van der Waals surface area contributed by atoms with Crippen LogP contribution in [0.5, 0.6) is 0 Å². The minimum Gasteiger partial charge on any atom is -0.378 e. The van der Waals surface area contributed by atoms with Crippen LogP contribution in [0.3, 0.4) is 0 Å². The Morgan fingerprint density at radius 2 is 2.17 bits per heavy atom. The molecule has 1 saturated heterocycles. The van der Waals surface area contributed by atoms with Gasteiger partial charge < -0.3 is 14.2 Å². The van der Waals surface area contributed by atoms with Gasteiger partial charge in [-0.1, -0.05) is 0 Å². The largest absolute Gasteiger partial charge is 0.378 e. The molecule has 5 nitrogen and oxygen atoms in total. The number of hydrogen-bond donors (Lipinski definition) is 1. The molecule has 6 heteroatoms. The lowest BCUT2D eigenvalue weighted by molar-refractivity contribution is 0.121. The molecular weight excluding hydrogens is 178 g/mol. The molecule has 0 spiro atoms. The van der Waals surface area contributed by atoms with Gasteiger partial charge in [0.1, 0.15) is 0 Å². The quantitative estimate of drug-likeness (QED) is 0.651. The van der Waals surface area contributed by atoms with Gasteiger partial charge in [0, 0.05) is 13.1 Å². The predicted molar refractivity (Wildman–Crippen MR) is 44.7 cm³/mol. The number of hydrogen-bond acceptors (Lipinski definition) is 5. The second-order valence-corrected chi connectivity index (χ2v) is 2.85. The van der Waals surface area contributed by atoms with Gasteiger partial charge in [0.2, 0.25) is 5.95 Å². The molecule has 0 bridgehead atoms. The van der Waals surface area contributed by atoms with Gasteiger partial charge in [0.05, 0.1) is 13.2 Å². The fraction of sp³-hybridized carbons (Fsp3) is 0.667. The Morgan fingerprint density at radius 1 is 1.42 bits per heavy atom. The van der Waals surface area contributed by atoms with Gasteiger partial charge in [-0.2, -0.15) is 10.1 Å². The first-order valence-electron chi connectivity index (χ1n) is 3.74. The van der Waals surface area contributed by atoms with Crippen molar-refractivity contribution in [3.8, 4) is 0 Å². The number of aromatic amines is 1. The molecule has 0 aromatic carbocycles. The van der Waals surface area contributed by atoms with Gasteiger partial charge >= 0.3 is 4.84 Å². The Balaban J connectivity index is 2.13. The molecule has 1 N–H and O–H groups in total. The highest BCUT2D eigenvalue weighted by Crippen LogP contribution is 2.08. The normalized spacial score (nSPS) is 18.2. The summed E-state index contributed by atoms with van der Waals surface area (Å²) in [6.07, 6.45) is 0. The van der Waals surface area contributed by atoms with Crippen LogP contribution in [-0.2, 0) is 4.74 Å². The van der Waals surface area contributed by atoms with E-state index in [4.69, 9.17) is 21.5 Å². The van der Waals surface area contributed by atoms with Crippen molar-refractivity contribution >= 4 is 18.2 Å². The highest BCUT2D eigenvalue weighted by atomic mass is 32.1. The van der Waals surface area contributed by atoms with Crippen LogP contribution in [0.2, 0.25) is 0 Å². The minimum atomic E-state index is 0.247. The standard InChI is InChI=1S/C6H9N3O2S/c12-6-7-5(8-11-6)9-1-3-10-4-2-9/h1-4H2,(H,7,8,12). The van der Waals surface area contributed by atoms with Crippen LogP contribution in [0.15, 0.2) is 4.52 Å². The van der Waals surface area contributed by atoms with Crippen LogP contribution in [0.1, 0.15) is 0 Å². The van der Waals surface area contributed by atoms with Gasteiger partial charge in [-0.15, -0.1) is 0 Å². The Kier molecular flexibility index (Phi) is 2.09. The zero-order valence-electron chi connectivity index (χ0n) is 6.45. The van der Waals surface area contributed by atoms with Gasteiger partial charge in [-0.05, 0) is 12.2 Å². The highest BCUT2D eigenvalue weighted by Gasteiger charge is 2.13. The van der Waals surface area contributed by atoms with E-state index in [9.17, 15) is 0 Å². The summed E-state index contributed by atoms with van der Waals surface area (Å²) in [4.78, 5) is 6.29. The van der Waals surface area contributed by atoms with E-state index < -0.39 is 0 Å². The van der Waals surface area contributed by atoms with E-state index >= 15 is 0 Å². The number of anilines is 1. The maximum absolute atomic E-state index is 5.19. The lowest BCUT2D eigenvalue weighted by atomic mass is 10.4. The fourth-order valence-electron chi connectivity index (χ4n) is 1.13. The van der Waals surface area contributed by atoms with E-state index in [2.05, 4.69) is 10.1 Å². The fourth-order valence-corrected chi connectivity index (χ4v) is 1.26. The molecule has 66 valence electrons. The molecule has 2 rings (SSSR count). The highest BCUT2D eigenvalue weighted by molar-refractivity contribution is 7.71. The van der Waals surface area contributed by atoms with E-state index in [1.54, 1.807) is 0 Å². The Bertz CT molecular complexity index is 302. The molecular formula is C6H9N3O2S. The molecule has 0 atom stereocenters. The van der Waals surface area contributed by atoms with Crippen molar-refractivity contribution in [3.63, 3.8) is 0 Å². The number of rotatable bonds is 1. The molecule has 1 aromatic heterocycles. The van der Waals surface area contributed by atoms with E-state index in [1.165, 1.54) is 0 Å². The summed E-state index contributed by atoms with van der Waals surface area (Å²) in [5, 5.41) is 2.66. The predicted octanol–water partition coefficient (Wildman–Crippen LogP) is 0.569. The minimum absolute atomic E-state index is 0.247. The molecule has 1 aliphatic heterocycles. The molecule has 1 aliphatic rings. The SMILES string of the molecule is S=c1nc(N2CCOCC2)[nH]o1. The van der Waals surface area contributed by atoms with Crippen LogP contribution in [-0.4, -0.2) is 36.4 Å². The van der Waals surface area contributed by atoms with Crippen LogP contribution < -0.4 is 4.90 Å². The molecule has 2 heterocycles. The monoisotopic (exact) mass is 187 g/mol. The van der Waals surface area contributed by atoms with Crippen molar-refractivity contribution in [2.75, 3.05) is 31.2 Å². The number of nitrogens with zero attached hydrogens (tertiary/aromatic N) is 2. The average molecular weight is 187 g/mol. The molecule has 0 saturated carbocycles. The smallest absolute Gasteiger partial charge is 0.315 e. The first-order valence-corrected chi connectivity index (χ1v) is 4.15. The van der Waals surface area contributed by atoms with Gasteiger partial charge in [0.15, 0.2) is 0 Å². The summed E-state index contributed by atoms with van der Waals surface area (Å²) < 4.78 is 10.0. The summed E-state index contributed by atoms with van der Waals surface area (Å²) in [6, 6.07) is 0. The third-order valence-electron chi connectivity index (χ3n) is 1.74. The Morgan fingerprint density at radius 3 is 2.75 bits per heavy atom. The van der Waals surface area contributed by atoms with Gasteiger partial charge in [0.25, 0.3) is 0 Å². The summed E-state index contributed by atoms with van der Waals surface area (Å²) in [5.41, 5.74) is 0. The van der Waals surface area contributed by atoms with E-state index in [-0.39, 0.29) is 4.84 Å². The van der Waals surface area contributed by atoms with Crippen LogP contribution in [0.25, 0.3) is 0 Å². The van der Waals surface area contributed by atoms with Gasteiger partial charge in [-0.3, -0.25) is 0 Å². The van der Waals surface area contributed by atoms with Crippen molar-refractivity contribution in [3.05, 3.63) is 4.84 Å². The number of nitrogens with one attached hydrogen (secondary N) is 1. The molecule has 1 aromatic rings. The second kappa shape index (κ2) is 3.24. The van der Waals surface area contributed by atoms with E-state index in [0.29, 0.717) is 5.95 Å². The first kappa shape index (κ1) is 7.75. The van der Waals surface area contributed by atoms with Crippen molar-refractivity contribution in [1.29, 1.82) is 0 Å². The molecule has 0 unspecified atom stereocenters. The number of morpholine rings is 1. The zero-order valence-corrected chi connectivity index (χ0v) is 7.26. The van der Waals surface area contributed by atoms with Crippen molar-refractivity contribution in [2.24, 2.45) is 0 Å². The Hall–Kier alpha value is -0.880. The molecule has 1 fully saturated rings. The molecule has 0 aliphatic carbocycles. The topological polar surface area (TPSA) is 54.3 Å². The first-order chi connectivity index (χ1) is 5.86. The summed E-state index contributed by atoms with van der Waals surface area (Å²) in [7, 11) is 0. The number of ether oxygens (including phenoxy) is 1. The summed E-state index contributed by atoms with van der Waals surface area (Å²) >= 11 is 4.74. The summed E-state index contributed by atoms with van der Waals surface area (Å²) in [6.45, 7) is 3.12. The van der Waals surface area contributed by atoms with Crippen LogP contribution in [0.4, 0.5) is 5.95 Å². The second-order valence-electron chi connectivity index (χ2n) is 2.50. The van der Waals surface area contributed by atoms with Crippen molar-refractivity contribution in [2.45, 2.75) is 0 Å². The summed E-state index contributed by atoms with van der Waals surface area (Å²) in [5.74, 6) is 0.698. The van der Waals surface area contributed by atoms with Gasteiger partial charge in [-0.25, -0.2) is 0 Å². The number of aromatic nitrogens is 2. The van der Waals surface area contributed by atoms with Crippen LogP contribution in [0, 0.1) is 4.84 Å². The molecule has 0 amide bonds. The van der Waals surface area contributed by atoms with E-state index in [1.807, 2.05) is 4.90 Å². The number of H-pyrrole nitrogens is 1. The van der Waals surface area contributed by atoms with E-state index in [0.717, 1.165) is 26.3 Å². The third kappa shape index (κ3) is 1.49. The van der Waals surface area contributed by atoms with Crippen LogP contribution >= 0.6 is 12.2 Å². The van der Waals surface area contributed by atoms with Crippen molar-refractivity contribution in [1.82, 2.24) is 10.1 Å². The maximum Gasteiger partial charge on any atom is 0.315 e. The molecule has 0 radical (unpaired) electrons. The zero-order chi connectivity index (χ0) is 8.39.